The second-order valence-electron chi connectivity index (χ2n) is 6.28. The first kappa shape index (κ1) is 16.8. The molecular formula is C21H21N3O. The van der Waals surface area contributed by atoms with Crippen molar-refractivity contribution in [1.29, 1.82) is 0 Å². The maximum Gasteiger partial charge on any atom is 0.251 e. The Kier molecular flexibility index (Phi) is 4.89. The number of rotatable bonds is 4. The number of benzene rings is 2. The van der Waals surface area contributed by atoms with Crippen LogP contribution in [-0.4, -0.2) is 15.9 Å². The van der Waals surface area contributed by atoms with Gasteiger partial charge < -0.3 is 5.32 Å². The molecule has 0 aliphatic heterocycles. The van der Waals surface area contributed by atoms with Gasteiger partial charge >= 0.3 is 0 Å². The van der Waals surface area contributed by atoms with Crippen LogP contribution in [0.15, 0.2) is 61.1 Å². The minimum atomic E-state index is -0.204. The molecule has 2 aromatic carbocycles. The van der Waals surface area contributed by atoms with Crippen LogP contribution in [-0.2, 0) is 0 Å². The smallest absolute Gasteiger partial charge is 0.251 e. The van der Waals surface area contributed by atoms with Crippen molar-refractivity contribution in [1.82, 2.24) is 15.3 Å². The van der Waals surface area contributed by atoms with E-state index >= 15 is 0 Å². The molecule has 0 spiro atoms. The summed E-state index contributed by atoms with van der Waals surface area (Å²) in [4.78, 5) is 20.9. The molecule has 1 aromatic heterocycles. The van der Waals surface area contributed by atoms with Crippen molar-refractivity contribution in [2.75, 3.05) is 0 Å². The van der Waals surface area contributed by atoms with Crippen LogP contribution < -0.4 is 5.32 Å². The molecule has 3 rings (SSSR count). The monoisotopic (exact) mass is 331 g/mol. The van der Waals surface area contributed by atoms with E-state index in [0.29, 0.717) is 5.56 Å². The highest BCUT2D eigenvalue weighted by atomic mass is 16.1. The van der Waals surface area contributed by atoms with Crippen LogP contribution in [0.3, 0.4) is 0 Å². The molecule has 4 heteroatoms. The van der Waals surface area contributed by atoms with Crippen molar-refractivity contribution < 1.29 is 4.79 Å². The van der Waals surface area contributed by atoms with Gasteiger partial charge in [-0.15, -0.1) is 0 Å². The van der Waals surface area contributed by atoms with Crippen LogP contribution >= 0.6 is 0 Å². The Morgan fingerprint density at radius 2 is 1.72 bits per heavy atom. The van der Waals surface area contributed by atoms with Crippen LogP contribution in [0.2, 0.25) is 0 Å². The molecule has 126 valence electrons. The second-order valence-corrected chi connectivity index (χ2v) is 6.28. The summed E-state index contributed by atoms with van der Waals surface area (Å²) in [7, 11) is 0. The highest BCUT2D eigenvalue weighted by Gasteiger charge is 2.14. The van der Waals surface area contributed by atoms with Gasteiger partial charge in [0.1, 0.15) is 0 Å². The van der Waals surface area contributed by atoms with Gasteiger partial charge in [-0.05, 0) is 49.6 Å². The molecule has 4 nitrogen and oxygen atoms in total. The lowest BCUT2D eigenvalue weighted by Gasteiger charge is -2.14. The third kappa shape index (κ3) is 4.10. The maximum atomic E-state index is 12.7. The minimum absolute atomic E-state index is 0.116. The molecule has 1 amide bonds. The minimum Gasteiger partial charge on any atom is -0.344 e. The Balaban J connectivity index is 1.84. The van der Waals surface area contributed by atoms with E-state index in [1.807, 2.05) is 26.0 Å². The molecule has 1 unspecified atom stereocenters. The average molecular weight is 331 g/mol. The fourth-order valence-corrected chi connectivity index (χ4v) is 2.72. The van der Waals surface area contributed by atoms with Crippen LogP contribution in [0.1, 0.15) is 40.1 Å². The Bertz CT molecular complexity index is 873. The number of hydrogen-bond acceptors (Lipinski definition) is 3. The molecule has 3 aromatic rings. The van der Waals surface area contributed by atoms with Crippen molar-refractivity contribution >= 4 is 5.91 Å². The molecule has 0 aliphatic carbocycles. The highest BCUT2D eigenvalue weighted by Crippen LogP contribution is 2.23. The lowest BCUT2D eigenvalue weighted by atomic mass is 9.99. The summed E-state index contributed by atoms with van der Waals surface area (Å²) in [6, 6.07) is 14.0. The standard InChI is InChI=1S/C21H21N3O/c1-14-4-6-17(7-5-14)18-10-15(2)11-19(12-18)21(25)24-16(3)20-13-22-8-9-23-20/h4-13,16H,1-3H3,(H,24,25). The molecule has 0 bridgehead atoms. The van der Waals surface area contributed by atoms with Gasteiger partial charge in [-0.25, -0.2) is 0 Å². The van der Waals surface area contributed by atoms with Gasteiger partial charge in [0.2, 0.25) is 0 Å². The Morgan fingerprint density at radius 3 is 2.40 bits per heavy atom. The van der Waals surface area contributed by atoms with E-state index in [1.54, 1.807) is 18.6 Å². The van der Waals surface area contributed by atoms with Gasteiger partial charge in [0.05, 0.1) is 17.9 Å². The van der Waals surface area contributed by atoms with Crippen molar-refractivity contribution in [2.45, 2.75) is 26.8 Å². The van der Waals surface area contributed by atoms with Gasteiger partial charge in [-0.1, -0.05) is 35.9 Å². The topological polar surface area (TPSA) is 54.9 Å². The predicted octanol–water partition coefficient (Wildman–Crippen LogP) is 4.25. The van der Waals surface area contributed by atoms with Crippen LogP contribution in [0.4, 0.5) is 0 Å². The molecule has 1 atom stereocenters. The van der Waals surface area contributed by atoms with Crippen LogP contribution in [0.25, 0.3) is 11.1 Å². The third-order valence-corrected chi connectivity index (χ3v) is 4.10. The summed E-state index contributed by atoms with van der Waals surface area (Å²) in [5.74, 6) is -0.116. The number of nitrogens with one attached hydrogen (secondary N) is 1. The van der Waals surface area contributed by atoms with E-state index in [2.05, 4.69) is 52.5 Å². The highest BCUT2D eigenvalue weighted by molar-refractivity contribution is 5.96. The van der Waals surface area contributed by atoms with Crippen LogP contribution in [0.5, 0.6) is 0 Å². The fraction of sp³-hybridized carbons (Fsp3) is 0.190. The van der Waals surface area contributed by atoms with Crippen molar-refractivity contribution in [2.24, 2.45) is 0 Å². The average Bonchev–Trinajstić information content (AvgIpc) is 2.62. The van der Waals surface area contributed by atoms with Crippen molar-refractivity contribution in [3.05, 3.63) is 83.4 Å². The van der Waals surface area contributed by atoms with E-state index < -0.39 is 0 Å². The lowest BCUT2D eigenvalue weighted by Crippen LogP contribution is -2.27. The molecule has 0 aliphatic rings. The quantitative estimate of drug-likeness (QED) is 0.777. The van der Waals surface area contributed by atoms with Gasteiger partial charge in [0.25, 0.3) is 5.91 Å². The predicted molar refractivity (Wildman–Crippen MR) is 99.3 cm³/mol. The zero-order chi connectivity index (χ0) is 17.8. The van der Waals surface area contributed by atoms with Gasteiger partial charge in [-0.2, -0.15) is 0 Å². The SMILES string of the molecule is Cc1ccc(-c2cc(C)cc(C(=O)NC(C)c3cnccn3)c2)cc1. The van der Waals surface area contributed by atoms with E-state index in [9.17, 15) is 4.79 Å². The van der Waals surface area contributed by atoms with E-state index in [4.69, 9.17) is 0 Å². The summed E-state index contributed by atoms with van der Waals surface area (Å²) in [6.07, 6.45) is 4.91. The van der Waals surface area contributed by atoms with E-state index in [-0.39, 0.29) is 11.9 Å². The first-order chi connectivity index (χ1) is 12.0. The summed E-state index contributed by atoms with van der Waals surface area (Å²) in [5.41, 5.74) is 5.79. The summed E-state index contributed by atoms with van der Waals surface area (Å²) in [5, 5.41) is 2.99. The second kappa shape index (κ2) is 7.26. The van der Waals surface area contributed by atoms with Crippen molar-refractivity contribution in [3.8, 4) is 11.1 Å². The Morgan fingerprint density at radius 1 is 0.960 bits per heavy atom. The van der Waals surface area contributed by atoms with Gasteiger partial charge in [0, 0.05) is 18.0 Å². The molecule has 25 heavy (non-hydrogen) atoms. The number of aryl methyl sites for hydroxylation is 2. The zero-order valence-electron chi connectivity index (χ0n) is 14.7. The van der Waals surface area contributed by atoms with Crippen LogP contribution in [0, 0.1) is 13.8 Å². The molecule has 0 radical (unpaired) electrons. The van der Waals surface area contributed by atoms with Gasteiger partial charge in [0.15, 0.2) is 0 Å². The third-order valence-electron chi connectivity index (χ3n) is 4.10. The number of aromatic nitrogens is 2. The number of carbonyl (C=O) groups is 1. The number of carbonyl (C=O) groups excluding carboxylic acids is 1. The Labute approximate surface area is 148 Å². The number of hydrogen-bond donors (Lipinski definition) is 1. The molecule has 1 heterocycles. The lowest BCUT2D eigenvalue weighted by molar-refractivity contribution is 0.0939. The summed E-state index contributed by atoms with van der Waals surface area (Å²) < 4.78 is 0. The molecular weight excluding hydrogens is 310 g/mol. The zero-order valence-corrected chi connectivity index (χ0v) is 14.7. The molecule has 0 fully saturated rings. The van der Waals surface area contributed by atoms with Gasteiger partial charge in [-0.3, -0.25) is 14.8 Å². The fourth-order valence-electron chi connectivity index (χ4n) is 2.72. The molecule has 1 N–H and O–H groups in total. The molecule has 0 saturated carbocycles. The van der Waals surface area contributed by atoms with E-state index in [0.717, 1.165) is 22.4 Å². The maximum absolute atomic E-state index is 12.7. The van der Waals surface area contributed by atoms with E-state index in [1.165, 1.54) is 5.56 Å². The molecule has 0 saturated heterocycles. The Hall–Kier alpha value is -3.01. The number of nitrogens with zero attached hydrogens (tertiary/aromatic N) is 2. The summed E-state index contributed by atoms with van der Waals surface area (Å²) in [6.45, 7) is 5.96. The first-order valence-electron chi connectivity index (χ1n) is 8.28. The van der Waals surface area contributed by atoms with Crippen molar-refractivity contribution in [3.63, 3.8) is 0 Å². The largest absolute Gasteiger partial charge is 0.344 e. The first-order valence-corrected chi connectivity index (χ1v) is 8.28. The summed E-state index contributed by atoms with van der Waals surface area (Å²) >= 11 is 0. The normalized spacial score (nSPS) is 11.8. The number of amides is 1.